The fourth-order valence-electron chi connectivity index (χ4n) is 4.32. The first-order chi connectivity index (χ1) is 19.9. The van der Waals surface area contributed by atoms with Gasteiger partial charge < -0.3 is 15.0 Å². The molecule has 3 aromatic carbocycles. The number of halogens is 2. The highest BCUT2D eigenvalue weighted by molar-refractivity contribution is 7.92. The van der Waals surface area contributed by atoms with Crippen molar-refractivity contribution in [2.45, 2.75) is 64.1 Å². The molecule has 0 radical (unpaired) electrons. The molecule has 0 bridgehead atoms. The summed E-state index contributed by atoms with van der Waals surface area (Å²) in [5, 5.41) is 3.08. The third-order valence-corrected chi connectivity index (χ3v) is 9.05. The van der Waals surface area contributed by atoms with Crippen molar-refractivity contribution in [2.75, 3.05) is 18.0 Å². The number of hydrogen-bond acceptors (Lipinski definition) is 5. The van der Waals surface area contributed by atoms with Gasteiger partial charge in [0, 0.05) is 12.6 Å². The molecule has 2 atom stereocenters. The summed E-state index contributed by atoms with van der Waals surface area (Å²) in [6.45, 7) is 6.75. The van der Waals surface area contributed by atoms with Crippen LogP contribution in [0, 0.1) is 12.7 Å². The van der Waals surface area contributed by atoms with Crippen molar-refractivity contribution in [1.29, 1.82) is 0 Å². The van der Waals surface area contributed by atoms with Gasteiger partial charge in [-0.25, -0.2) is 12.8 Å². The average Bonchev–Trinajstić information content (AvgIpc) is 2.96. The van der Waals surface area contributed by atoms with Crippen molar-refractivity contribution in [3.63, 3.8) is 0 Å². The summed E-state index contributed by atoms with van der Waals surface area (Å²) in [5.41, 5.74) is 1.60. The number of nitrogens with one attached hydrogen (secondary N) is 1. The van der Waals surface area contributed by atoms with Gasteiger partial charge >= 0.3 is 0 Å². The van der Waals surface area contributed by atoms with Crippen LogP contribution in [0.3, 0.4) is 0 Å². The summed E-state index contributed by atoms with van der Waals surface area (Å²) in [6.07, 6.45) is 0.961. The molecule has 0 aliphatic carbocycles. The normalized spacial score (nSPS) is 12.7. The van der Waals surface area contributed by atoms with Crippen molar-refractivity contribution in [2.24, 2.45) is 0 Å². The van der Waals surface area contributed by atoms with Gasteiger partial charge in [-0.1, -0.05) is 55.3 Å². The number of carbonyl (C=O) groups excluding carboxylic acids is 2. The number of ether oxygens (including phenoxy) is 1. The number of anilines is 1. The number of methoxy groups -OCH3 is 1. The van der Waals surface area contributed by atoms with Crippen molar-refractivity contribution >= 4 is 39.1 Å². The van der Waals surface area contributed by atoms with Gasteiger partial charge in [0.15, 0.2) is 0 Å². The lowest BCUT2D eigenvalue weighted by Gasteiger charge is -2.33. The van der Waals surface area contributed by atoms with E-state index in [-0.39, 0.29) is 40.5 Å². The van der Waals surface area contributed by atoms with E-state index < -0.39 is 34.3 Å². The second-order valence-corrected chi connectivity index (χ2v) is 12.3. The van der Waals surface area contributed by atoms with E-state index in [1.807, 2.05) is 20.8 Å². The number of aryl methyl sites for hydroxylation is 1. The number of nitrogens with zero attached hydrogens (tertiary/aromatic N) is 2. The van der Waals surface area contributed by atoms with Gasteiger partial charge in [-0.2, -0.15) is 0 Å². The van der Waals surface area contributed by atoms with E-state index in [1.54, 1.807) is 19.1 Å². The average molecular weight is 618 g/mol. The van der Waals surface area contributed by atoms with E-state index >= 15 is 0 Å². The predicted octanol–water partition coefficient (Wildman–Crippen LogP) is 5.71. The minimum atomic E-state index is -4.25. The highest BCUT2D eigenvalue weighted by atomic mass is 35.5. The summed E-state index contributed by atoms with van der Waals surface area (Å²) in [7, 11) is -2.82. The number of benzene rings is 3. The molecule has 0 aromatic heterocycles. The highest BCUT2D eigenvalue weighted by Gasteiger charge is 2.34. The third kappa shape index (κ3) is 8.01. The summed E-state index contributed by atoms with van der Waals surface area (Å²) in [4.78, 5) is 28.8. The zero-order chi connectivity index (χ0) is 31.0. The molecule has 0 saturated carbocycles. The molecule has 8 nitrogen and oxygen atoms in total. The van der Waals surface area contributed by atoms with E-state index in [2.05, 4.69) is 5.32 Å². The van der Waals surface area contributed by atoms with Gasteiger partial charge in [0.2, 0.25) is 11.8 Å². The van der Waals surface area contributed by atoms with Crippen LogP contribution >= 0.6 is 11.6 Å². The van der Waals surface area contributed by atoms with Crippen LogP contribution < -0.4 is 14.4 Å². The lowest BCUT2D eigenvalue weighted by atomic mass is 10.1. The molecule has 2 amide bonds. The maximum atomic E-state index is 14.1. The minimum Gasteiger partial charge on any atom is -0.495 e. The Bertz CT molecular complexity index is 1480. The first kappa shape index (κ1) is 32.9. The number of sulfonamides is 1. The second kappa shape index (κ2) is 14.5. The van der Waals surface area contributed by atoms with Gasteiger partial charge in [0.1, 0.15) is 24.2 Å². The molecular formula is C31H37ClFN3O5S. The SMILES string of the molecule is CC[C@H](C)NC(=O)[C@H](CC)N(Cc1ccc(F)cc1)C(=O)CN(c1ccc(OC)c(Cl)c1)S(=O)(=O)c1ccc(C)cc1. The number of rotatable bonds is 13. The molecule has 0 unspecified atom stereocenters. The quantitative estimate of drug-likeness (QED) is 0.265. The highest BCUT2D eigenvalue weighted by Crippen LogP contribution is 2.32. The second-order valence-electron chi connectivity index (χ2n) is 10.0. The molecule has 11 heteroatoms. The largest absolute Gasteiger partial charge is 0.495 e. The Morgan fingerprint density at radius 1 is 1.00 bits per heavy atom. The van der Waals surface area contributed by atoms with Gasteiger partial charge in [-0.15, -0.1) is 0 Å². The first-order valence-electron chi connectivity index (χ1n) is 13.7. The van der Waals surface area contributed by atoms with E-state index in [9.17, 15) is 22.4 Å². The fourth-order valence-corrected chi connectivity index (χ4v) is 5.98. The Morgan fingerprint density at radius 3 is 2.19 bits per heavy atom. The van der Waals surface area contributed by atoms with Crippen molar-refractivity contribution in [3.8, 4) is 5.75 Å². The van der Waals surface area contributed by atoms with E-state index in [0.717, 1.165) is 9.87 Å². The summed E-state index contributed by atoms with van der Waals surface area (Å²) in [6, 6.07) is 15.3. The van der Waals surface area contributed by atoms with Gasteiger partial charge in [0.05, 0.1) is 22.7 Å². The van der Waals surface area contributed by atoms with Crippen LogP contribution in [0.4, 0.5) is 10.1 Å². The molecule has 1 N–H and O–H groups in total. The Labute approximate surface area is 252 Å². The van der Waals surface area contributed by atoms with Crippen LogP contribution in [0.2, 0.25) is 5.02 Å². The molecule has 3 rings (SSSR count). The van der Waals surface area contributed by atoms with E-state index in [0.29, 0.717) is 17.7 Å². The molecular weight excluding hydrogens is 581 g/mol. The van der Waals surface area contributed by atoms with Crippen LogP contribution in [0.25, 0.3) is 0 Å². The van der Waals surface area contributed by atoms with Gasteiger partial charge in [-0.05, 0) is 74.7 Å². The molecule has 42 heavy (non-hydrogen) atoms. The zero-order valence-electron chi connectivity index (χ0n) is 24.4. The summed E-state index contributed by atoms with van der Waals surface area (Å²) >= 11 is 6.36. The van der Waals surface area contributed by atoms with Crippen LogP contribution in [0.5, 0.6) is 5.75 Å². The third-order valence-electron chi connectivity index (χ3n) is 6.96. The molecule has 0 spiro atoms. The topological polar surface area (TPSA) is 96.0 Å². The van der Waals surface area contributed by atoms with Gasteiger partial charge in [0.25, 0.3) is 10.0 Å². The predicted molar refractivity (Wildman–Crippen MR) is 163 cm³/mol. The van der Waals surface area contributed by atoms with Crippen LogP contribution in [-0.2, 0) is 26.2 Å². The van der Waals surface area contributed by atoms with Crippen LogP contribution in [0.1, 0.15) is 44.7 Å². The minimum absolute atomic E-state index is 0.0144. The lowest BCUT2D eigenvalue weighted by Crippen LogP contribution is -2.53. The molecule has 0 heterocycles. The first-order valence-corrected chi connectivity index (χ1v) is 15.5. The Balaban J connectivity index is 2.09. The fraction of sp³-hybridized carbons (Fsp3) is 0.355. The van der Waals surface area contributed by atoms with Crippen LogP contribution in [0.15, 0.2) is 71.6 Å². The molecule has 0 aliphatic heterocycles. The Kier molecular flexibility index (Phi) is 11.4. The molecule has 0 aliphatic rings. The molecule has 226 valence electrons. The Hall–Kier alpha value is -3.63. The molecule has 0 saturated heterocycles. The monoisotopic (exact) mass is 617 g/mol. The number of amides is 2. The summed E-state index contributed by atoms with van der Waals surface area (Å²) < 4.78 is 47.8. The zero-order valence-corrected chi connectivity index (χ0v) is 26.0. The number of carbonyl (C=O) groups is 2. The molecule has 0 fully saturated rings. The van der Waals surface area contributed by atoms with Crippen molar-refractivity contribution < 1.29 is 27.1 Å². The van der Waals surface area contributed by atoms with Gasteiger partial charge in [-0.3, -0.25) is 13.9 Å². The maximum absolute atomic E-state index is 14.1. The smallest absolute Gasteiger partial charge is 0.264 e. The van der Waals surface area contributed by atoms with Crippen molar-refractivity contribution in [1.82, 2.24) is 10.2 Å². The summed E-state index contributed by atoms with van der Waals surface area (Å²) in [5.74, 6) is -1.08. The van der Waals surface area contributed by atoms with E-state index in [4.69, 9.17) is 16.3 Å². The van der Waals surface area contributed by atoms with Crippen LogP contribution in [-0.4, -0.2) is 50.9 Å². The maximum Gasteiger partial charge on any atom is 0.264 e. The number of hydrogen-bond donors (Lipinski definition) is 1. The lowest BCUT2D eigenvalue weighted by molar-refractivity contribution is -0.140. The van der Waals surface area contributed by atoms with E-state index in [1.165, 1.54) is 66.6 Å². The van der Waals surface area contributed by atoms with Crippen molar-refractivity contribution in [3.05, 3.63) is 88.7 Å². The Morgan fingerprint density at radius 2 is 1.64 bits per heavy atom. The molecule has 3 aromatic rings. The standard InChI is InChI=1S/C31H37ClFN3O5S/c1-6-22(4)34-31(38)28(7-2)35(19-23-10-12-24(33)13-11-23)30(37)20-36(25-14-17-29(41-5)27(32)18-25)42(39,40)26-15-8-21(3)9-16-26/h8-18,22,28H,6-7,19-20H2,1-5H3,(H,34,38)/t22-,28-/m0/s1.